The second kappa shape index (κ2) is 5.68. The Morgan fingerprint density at radius 2 is 2.05 bits per heavy atom. The fourth-order valence-corrected chi connectivity index (χ4v) is 1.48. The number of halogens is 6. The summed E-state index contributed by atoms with van der Waals surface area (Å²) in [5.74, 6) is -1.29. The number of rotatable bonds is 3. The number of nitrogens with zero attached hydrogens (tertiary/aromatic N) is 1. The highest BCUT2D eigenvalue weighted by molar-refractivity contribution is 6.34. The average molecular weight is 304 g/mol. The standard InChI is InChI=1S/C10H7ClF5NO2/c1-2-19-9(18)7-6(11)4(10(14,15)16)3-5(17-7)8(12)13/h3,8H,2H2,1H3. The third kappa shape index (κ3) is 3.52. The highest BCUT2D eigenvalue weighted by Crippen LogP contribution is 2.37. The fraction of sp³-hybridized carbons (Fsp3) is 0.400. The van der Waals surface area contributed by atoms with Gasteiger partial charge in [-0.1, -0.05) is 11.6 Å². The Hall–Kier alpha value is -1.44. The summed E-state index contributed by atoms with van der Waals surface area (Å²) >= 11 is 5.37. The molecule has 1 aromatic rings. The van der Waals surface area contributed by atoms with Crippen molar-refractivity contribution in [2.75, 3.05) is 6.61 Å². The van der Waals surface area contributed by atoms with Crippen LogP contribution in [0.2, 0.25) is 5.02 Å². The van der Waals surface area contributed by atoms with Crippen molar-refractivity contribution >= 4 is 17.6 Å². The third-order valence-corrected chi connectivity index (χ3v) is 2.36. The molecular weight excluding hydrogens is 297 g/mol. The number of hydrogen-bond acceptors (Lipinski definition) is 3. The molecule has 0 aliphatic rings. The van der Waals surface area contributed by atoms with Crippen LogP contribution in [0, 0.1) is 0 Å². The van der Waals surface area contributed by atoms with Crippen LogP contribution in [0.1, 0.15) is 35.1 Å². The largest absolute Gasteiger partial charge is 0.461 e. The van der Waals surface area contributed by atoms with Gasteiger partial charge in [0.15, 0.2) is 5.69 Å². The zero-order chi connectivity index (χ0) is 14.8. The highest BCUT2D eigenvalue weighted by atomic mass is 35.5. The summed E-state index contributed by atoms with van der Waals surface area (Å²) in [7, 11) is 0. The monoisotopic (exact) mass is 303 g/mol. The predicted octanol–water partition coefficient (Wildman–Crippen LogP) is 3.87. The van der Waals surface area contributed by atoms with Crippen LogP contribution < -0.4 is 0 Å². The molecule has 0 aliphatic carbocycles. The van der Waals surface area contributed by atoms with E-state index >= 15 is 0 Å². The minimum atomic E-state index is -4.98. The predicted molar refractivity (Wildman–Crippen MR) is 55.2 cm³/mol. The number of carbonyl (C=O) groups is 1. The van der Waals surface area contributed by atoms with Gasteiger partial charge in [0, 0.05) is 0 Å². The van der Waals surface area contributed by atoms with Gasteiger partial charge in [0.2, 0.25) is 0 Å². The molecule has 1 rings (SSSR count). The lowest BCUT2D eigenvalue weighted by molar-refractivity contribution is -0.137. The van der Waals surface area contributed by atoms with Crippen LogP contribution in [-0.4, -0.2) is 17.6 Å². The molecule has 0 spiro atoms. The smallest absolute Gasteiger partial charge is 0.417 e. The summed E-state index contributed by atoms with van der Waals surface area (Å²) in [6.45, 7) is 1.24. The van der Waals surface area contributed by atoms with E-state index in [-0.39, 0.29) is 12.7 Å². The molecule has 0 saturated heterocycles. The molecule has 1 aromatic heterocycles. The molecule has 106 valence electrons. The summed E-state index contributed by atoms with van der Waals surface area (Å²) in [4.78, 5) is 14.4. The van der Waals surface area contributed by atoms with Gasteiger partial charge in [0.05, 0.1) is 17.2 Å². The minimum absolute atomic E-state index is 0.107. The molecule has 0 saturated carbocycles. The first-order chi connectivity index (χ1) is 8.68. The zero-order valence-corrected chi connectivity index (χ0v) is 10.1. The second-order valence-corrected chi connectivity index (χ2v) is 3.65. The summed E-state index contributed by atoms with van der Waals surface area (Å²) in [5.41, 5.74) is -3.73. The van der Waals surface area contributed by atoms with Gasteiger partial charge in [-0.25, -0.2) is 18.6 Å². The van der Waals surface area contributed by atoms with Crippen LogP contribution in [0.3, 0.4) is 0 Å². The van der Waals surface area contributed by atoms with Crippen LogP contribution in [0.5, 0.6) is 0 Å². The first-order valence-electron chi connectivity index (χ1n) is 4.91. The summed E-state index contributed by atoms with van der Waals surface area (Å²) < 4.78 is 67.2. The van der Waals surface area contributed by atoms with E-state index in [4.69, 9.17) is 11.6 Å². The van der Waals surface area contributed by atoms with Crippen LogP contribution in [0.25, 0.3) is 0 Å². The number of alkyl halides is 5. The molecule has 3 nitrogen and oxygen atoms in total. The Kier molecular flexibility index (Phi) is 4.67. The number of esters is 1. The molecule has 0 fully saturated rings. The van der Waals surface area contributed by atoms with Gasteiger partial charge in [-0.05, 0) is 13.0 Å². The van der Waals surface area contributed by atoms with E-state index in [9.17, 15) is 26.7 Å². The van der Waals surface area contributed by atoms with Gasteiger partial charge >= 0.3 is 12.1 Å². The lowest BCUT2D eigenvalue weighted by atomic mass is 10.1. The van der Waals surface area contributed by atoms with E-state index in [0.29, 0.717) is 0 Å². The zero-order valence-electron chi connectivity index (χ0n) is 9.39. The number of carbonyl (C=O) groups excluding carboxylic acids is 1. The fourth-order valence-electron chi connectivity index (χ4n) is 1.20. The van der Waals surface area contributed by atoms with Crippen molar-refractivity contribution in [3.05, 3.63) is 28.0 Å². The quantitative estimate of drug-likeness (QED) is 0.628. The lowest BCUT2D eigenvalue weighted by Gasteiger charge is -2.13. The van der Waals surface area contributed by atoms with Crippen molar-refractivity contribution < 1.29 is 31.5 Å². The number of hydrogen-bond donors (Lipinski definition) is 0. The second-order valence-electron chi connectivity index (χ2n) is 3.28. The first kappa shape index (κ1) is 15.6. The van der Waals surface area contributed by atoms with E-state index in [0.717, 1.165) is 0 Å². The van der Waals surface area contributed by atoms with Crippen LogP contribution in [0.15, 0.2) is 6.07 Å². The summed E-state index contributed by atoms with van der Waals surface area (Å²) in [6.07, 6.45) is -8.25. The Balaban J connectivity index is 3.46. The van der Waals surface area contributed by atoms with Gasteiger partial charge < -0.3 is 4.74 Å². The number of pyridine rings is 1. The Labute approximate surface area is 109 Å². The molecule has 0 amide bonds. The molecule has 9 heteroatoms. The molecule has 19 heavy (non-hydrogen) atoms. The normalized spacial score (nSPS) is 11.8. The summed E-state index contributed by atoms with van der Waals surface area (Å²) in [6, 6.07) is 0.107. The van der Waals surface area contributed by atoms with E-state index in [1.807, 2.05) is 0 Å². The molecule has 0 aromatic carbocycles. The maximum absolute atomic E-state index is 12.6. The molecular formula is C10H7ClF5NO2. The molecule has 0 radical (unpaired) electrons. The van der Waals surface area contributed by atoms with Gasteiger partial charge in [0.1, 0.15) is 5.69 Å². The molecule has 1 heterocycles. The Morgan fingerprint density at radius 1 is 1.47 bits per heavy atom. The molecule has 0 unspecified atom stereocenters. The third-order valence-electron chi connectivity index (χ3n) is 1.98. The van der Waals surface area contributed by atoms with Crippen LogP contribution in [0.4, 0.5) is 22.0 Å². The Morgan fingerprint density at radius 3 is 2.47 bits per heavy atom. The maximum atomic E-state index is 12.6. The first-order valence-corrected chi connectivity index (χ1v) is 5.29. The van der Waals surface area contributed by atoms with Crippen molar-refractivity contribution in [2.24, 2.45) is 0 Å². The average Bonchev–Trinajstić information content (AvgIpc) is 2.27. The van der Waals surface area contributed by atoms with Gasteiger partial charge in [0.25, 0.3) is 6.43 Å². The highest BCUT2D eigenvalue weighted by Gasteiger charge is 2.37. The van der Waals surface area contributed by atoms with Gasteiger partial charge in [-0.3, -0.25) is 0 Å². The van der Waals surface area contributed by atoms with Gasteiger partial charge in [-0.2, -0.15) is 13.2 Å². The molecule has 0 bridgehead atoms. The minimum Gasteiger partial charge on any atom is -0.461 e. The van der Waals surface area contributed by atoms with E-state index in [1.165, 1.54) is 6.92 Å². The van der Waals surface area contributed by atoms with Crippen LogP contribution >= 0.6 is 11.6 Å². The van der Waals surface area contributed by atoms with E-state index < -0.39 is 40.5 Å². The molecule has 0 N–H and O–H groups in total. The van der Waals surface area contributed by atoms with Gasteiger partial charge in [-0.15, -0.1) is 0 Å². The van der Waals surface area contributed by atoms with Crippen molar-refractivity contribution in [3.8, 4) is 0 Å². The topological polar surface area (TPSA) is 39.2 Å². The van der Waals surface area contributed by atoms with Crippen LogP contribution in [-0.2, 0) is 10.9 Å². The van der Waals surface area contributed by atoms with Crippen molar-refractivity contribution in [3.63, 3.8) is 0 Å². The maximum Gasteiger partial charge on any atom is 0.417 e. The Bertz CT molecular complexity index is 490. The SMILES string of the molecule is CCOC(=O)c1nc(C(F)F)cc(C(F)(F)F)c1Cl. The number of aromatic nitrogens is 1. The molecule has 0 atom stereocenters. The lowest BCUT2D eigenvalue weighted by Crippen LogP contribution is -2.15. The van der Waals surface area contributed by atoms with Crippen molar-refractivity contribution in [1.82, 2.24) is 4.98 Å². The number of ether oxygens (including phenoxy) is 1. The van der Waals surface area contributed by atoms with E-state index in [1.54, 1.807) is 0 Å². The van der Waals surface area contributed by atoms with E-state index in [2.05, 4.69) is 9.72 Å². The summed E-state index contributed by atoms with van der Waals surface area (Å²) in [5, 5.41) is -1.06. The van der Waals surface area contributed by atoms with Crippen molar-refractivity contribution in [1.29, 1.82) is 0 Å². The van der Waals surface area contributed by atoms with Crippen molar-refractivity contribution in [2.45, 2.75) is 19.5 Å². The molecule has 0 aliphatic heterocycles.